The Kier molecular flexibility index (Phi) is 40.6. The van der Waals surface area contributed by atoms with E-state index >= 15 is 0 Å². The molecule has 0 spiro atoms. The van der Waals surface area contributed by atoms with Gasteiger partial charge in [-0.1, -0.05) is 91.0 Å². The summed E-state index contributed by atoms with van der Waals surface area (Å²) in [7, 11) is 12.4. The van der Waals surface area contributed by atoms with Gasteiger partial charge < -0.3 is 41.4 Å². The molecule has 0 aliphatic carbocycles. The number of hydrogen-bond donors (Lipinski definition) is 6. The molecule has 21 nitrogen and oxygen atoms in total. The highest BCUT2D eigenvalue weighted by molar-refractivity contribution is 9.10. The van der Waals surface area contributed by atoms with E-state index in [0.717, 1.165) is 117 Å². The number of aryl methyl sites for hydroxylation is 3. The highest BCUT2D eigenvalue weighted by atomic mass is 79.9. The molecule has 0 aliphatic rings. The van der Waals surface area contributed by atoms with Gasteiger partial charge in [0.05, 0.1) is 71.7 Å². The highest BCUT2D eigenvalue weighted by Gasteiger charge is 2.28. The Morgan fingerprint density at radius 2 is 0.758 bits per heavy atom. The zero-order valence-corrected chi connectivity index (χ0v) is 74.2. The van der Waals surface area contributed by atoms with Crippen molar-refractivity contribution in [3.63, 3.8) is 0 Å². The third-order valence-corrected chi connectivity index (χ3v) is 20.7. The molecular formula is C97H117BrFN13O8. The maximum Gasteiger partial charge on any atom is 0.159 e. The molecule has 0 fully saturated rings. The average Bonchev–Trinajstić information content (AvgIpc) is 0.836. The van der Waals surface area contributed by atoms with Crippen LogP contribution in [-0.4, -0.2) is 161 Å². The van der Waals surface area contributed by atoms with Crippen LogP contribution >= 0.6 is 15.9 Å². The molecular weight excluding hydrogens is 1570 g/mol. The van der Waals surface area contributed by atoms with E-state index in [1.807, 2.05) is 206 Å². The van der Waals surface area contributed by atoms with Crippen LogP contribution in [0.5, 0.6) is 11.5 Å². The van der Waals surface area contributed by atoms with Gasteiger partial charge in [0.2, 0.25) is 0 Å². The number of aromatic nitrogens is 7. The van der Waals surface area contributed by atoms with Gasteiger partial charge in [-0.3, -0.25) is 48.7 Å². The summed E-state index contributed by atoms with van der Waals surface area (Å²) in [5.74, 6) is 2.91. The smallest absolute Gasteiger partial charge is 0.159 e. The summed E-state index contributed by atoms with van der Waals surface area (Å²) in [4.78, 5) is 99.6. The van der Waals surface area contributed by atoms with Gasteiger partial charge in [0.15, 0.2) is 5.82 Å². The normalized spacial score (nSPS) is 12.4. The van der Waals surface area contributed by atoms with Crippen molar-refractivity contribution >= 4 is 50.6 Å². The zero-order chi connectivity index (χ0) is 88.0. The number of likely N-dealkylation sites (N-methyl/N-ethyl adjacent to an activating group) is 6. The van der Waals surface area contributed by atoms with Gasteiger partial charge in [0, 0.05) is 71.2 Å². The van der Waals surface area contributed by atoms with E-state index in [-0.39, 0.29) is 76.8 Å². The monoisotopic (exact) mass is 1690 g/mol. The second kappa shape index (κ2) is 50.0. The fourth-order valence-electron chi connectivity index (χ4n) is 12.6. The van der Waals surface area contributed by atoms with Crippen LogP contribution in [0.25, 0.3) is 56.4 Å². The number of nitrogens with one attached hydrogen (secondary N) is 6. The van der Waals surface area contributed by atoms with Gasteiger partial charge in [-0.15, -0.1) is 0 Å². The van der Waals surface area contributed by atoms with E-state index in [1.165, 1.54) is 17.7 Å². The van der Waals surface area contributed by atoms with Gasteiger partial charge in [-0.25, -0.2) is 19.3 Å². The van der Waals surface area contributed by atoms with Crippen molar-refractivity contribution in [2.24, 2.45) is 0 Å². The van der Waals surface area contributed by atoms with Crippen LogP contribution in [0.4, 0.5) is 4.39 Å². The number of hydrogen-bond acceptors (Lipinski definition) is 21. The number of methoxy groups -OCH3 is 1. The number of carbonyl (C=O) groups excluding carboxylic acids is 6. The molecule has 0 radical (unpaired) electrons. The first-order valence-electron chi connectivity index (χ1n) is 40.0. The Labute approximate surface area is 716 Å². The molecule has 0 aliphatic heterocycles. The van der Waals surface area contributed by atoms with Gasteiger partial charge >= 0.3 is 0 Å². The Balaban J connectivity index is 0.000000224. The van der Waals surface area contributed by atoms with E-state index in [1.54, 1.807) is 115 Å². The minimum atomic E-state index is -0.536. The lowest BCUT2D eigenvalue weighted by Gasteiger charge is -2.26. The first-order valence-corrected chi connectivity index (χ1v) is 40.7. The lowest BCUT2D eigenvalue weighted by Crippen LogP contribution is -2.48. The topological polar surface area (TPSA) is 283 Å². The Morgan fingerprint density at radius 1 is 0.400 bits per heavy atom. The number of benzene rings is 5. The summed E-state index contributed by atoms with van der Waals surface area (Å²) in [6.07, 6.45) is 16.6. The van der Waals surface area contributed by atoms with Crippen LogP contribution < -0.4 is 41.4 Å². The molecule has 0 bridgehead atoms. The Hall–Kier alpha value is -11.3. The number of halogens is 2. The van der Waals surface area contributed by atoms with Crippen LogP contribution in [0.1, 0.15) is 112 Å². The Morgan fingerprint density at radius 3 is 1.12 bits per heavy atom. The van der Waals surface area contributed by atoms with Crippen LogP contribution in [-0.2, 0) is 67.3 Å². The van der Waals surface area contributed by atoms with Gasteiger partial charge in [-0.05, 0) is 315 Å². The van der Waals surface area contributed by atoms with Crippen LogP contribution in [0.3, 0.4) is 0 Å². The molecule has 6 aromatic heterocycles. The SMILES string of the molecule is CN[C@@H](Cc1ccc(-c2ccc(F)cc2C)nc1)C(C)=O.CN[C@@H](Cc1ccc(-c2ccc(OC)cc2)nc1)C(C)=O.CN[C@@H](Cc1ccc(-c2ccccc2OC(C)C)nc1)C(C)=O.CN[C@@H](Cc1ccc(Br)nc1)C(C)=O.CN[C@@H](Cc1cnc(-c2ccccc2C)nc1)C(C)=O.CN[C@@](C)(Cc1ccc(-c2ccccc2C)nc1)C(C)=O. The third kappa shape index (κ3) is 31.5. The summed E-state index contributed by atoms with van der Waals surface area (Å²) in [6, 6.07) is 55.5. The van der Waals surface area contributed by atoms with Gasteiger partial charge in [0.1, 0.15) is 56.6 Å². The van der Waals surface area contributed by atoms with Crippen molar-refractivity contribution in [1.82, 2.24) is 66.8 Å². The quantitative estimate of drug-likeness (QED) is 0.0214. The molecule has 11 rings (SSSR count). The fourth-order valence-corrected chi connectivity index (χ4v) is 12.8. The minimum Gasteiger partial charge on any atom is -0.497 e. The average molecular weight is 1690 g/mol. The highest BCUT2D eigenvalue weighted by Crippen LogP contribution is 2.31. The molecule has 11 aromatic rings. The molecule has 0 amide bonds. The molecule has 6 N–H and O–H groups in total. The summed E-state index contributed by atoms with van der Waals surface area (Å²) in [6.45, 7) is 21.5. The number of nitrogens with zero attached hydrogens (tertiary/aromatic N) is 7. The van der Waals surface area contributed by atoms with Crippen LogP contribution in [0, 0.1) is 26.6 Å². The first-order chi connectivity index (χ1) is 57.4. The largest absolute Gasteiger partial charge is 0.497 e. The molecule has 5 aromatic carbocycles. The van der Waals surface area contributed by atoms with Crippen molar-refractivity contribution < 1.29 is 42.6 Å². The number of para-hydroxylation sites is 1. The fraction of sp³-hybridized carbons (Fsp3) is 0.330. The van der Waals surface area contributed by atoms with Gasteiger partial charge in [-0.2, -0.15) is 0 Å². The zero-order valence-electron chi connectivity index (χ0n) is 72.6. The maximum atomic E-state index is 13.1. The van der Waals surface area contributed by atoms with Crippen molar-refractivity contribution in [3.05, 3.63) is 280 Å². The molecule has 23 heteroatoms. The van der Waals surface area contributed by atoms with Crippen molar-refractivity contribution in [2.75, 3.05) is 49.4 Å². The molecule has 0 unspecified atom stereocenters. The summed E-state index contributed by atoms with van der Waals surface area (Å²) < 4.78 is 24.9. The molecule has 6 heterocycles. The van der Waals surface area contributed by atoms with Crippen LogP contribution in [0.15, 0.2) is 224 Å². The number of rotatable bonds is 32. The van der Waals surface area contributed by atoms with Gasteiger partial charge in [0.25, 0.3) is 0 Å². The predicted molar refractivity (Wildman–Crippen MR) is 483 cm³/mol. The van der Waals surface area contributed by atoms with E-state index in [2.05, 4.69) is 102 Å². The van der Waals surface area contributed by atoms with Crippen molar-refractivity contribution in [3.8, 4) is 67.9 Å². The number of carbonyl (C=O) groups is 6. The number of pyridine rings is 5. The molecule has 632 valence electrons. The van der Waals surface area contributed by atoms with Crippen LogP contribution in [0.2, 0.25) is 0 Å². The summed E-state index contributed by atoms with van der Waals surface area (Å²) >= 11 is 3.26. The number of Topliss-reactive ketones (excluding diaryl/α,β-unsaturated/α-hetero) is 6. The number of ether oxygens (including phenoxy) is 2. The van der Waals surface area contributed by atoms with E-state index in [4.69, 9.17) is 9.47 Å². The second-order valence-corrected chi connectivity index (χ2v) is 30.5. The van der Waals surface area contributed by atoms with E-state index in [0.29, 0.717) is 38.5 Å². The minimum absolute atomic E-state index is 0.107. The Bertz CT molecular complexity index is 5040. The van der Waals surface area contributed by atoms with E-state index in [9.17, 15) is 33.2 Å². The summed E-state index contributed by atoms with van der Waals surface area (Å²) in [5.41, 5.74) is 17.5. The van der Waals surface area contributed by atoms with E-state index < -0.39 is 5.54 Å². The standard InChI is InChI=1S/C19H24N2O2.C18H22N2O.C17H19FN2O.C17H20N2O2.C16H19N3O.C10H13BrN2O/c1-13(2)23-19-8-6-5-7-16(19)17-10-9-15(12-21-17)11-18(20-4)14(3)22;1-13-7-5-6-8-16(13)17-10-9-15(12-20-17)11-18(3,19-4)14(2)21;1-11-8-14(18)5-6-15(11)16-7-4-13(10-20-16)9-17(19-3)12(2)21;1-12(20)17(18-2)10-13-4-9-16(19-11-13)14-5-7-15(21-3)8-6-14;1-11-6-4-5-7-14(11)16-18-9-13(10-19-16)8-15(17-3)12(2)20;1-7(14)9(12-2)5-8-3-4-10(11)13-6-8/h5-10,12-13,18,20H,11H2,1-4H3;5-10,12,19H,11H2,1-4H3;4-8,10,17,19H,9H2,1-3H3;4-9,11,17-18H,10H2,1-3H3;4-7,9-10,15,17H,8H2,1-3H3;3-4,6,9,12H,5H2,1-2H3/t2*18-;2*17-;15-;9-/m000000/s1. The molecule has 6 atom stereocenters. The third-order valence-electron chi connectivity index (χ3n) is 20.3. The molecule has 0 saturated carbocycles. The van der Waals surface area contributed by atoms with Crippen molar-refractivity contribution in [2.45, 2.75) is 163 Å². The predicted octanol–water partition coefficient (Wildman–Crippen LogP) is 15.5. The first kappa shape index (κ1) is 97.6. The lowest BCUT2D eigenvalue weighted by molar-refractivity contribution is -0.122. The number of ketones is 6. The lowest BCUT2D eigenvalue weighted by atomic mass is 9.90. The molecule has 120 heavy (non-hydrogen) atoms. The summed E-state index contributed by atoms with van der Waals surface area (Å²) in [5, 5.41) is 18.1. The second-order valence-electron chi connectivity index (χ2n) is 29.7. The molecule has 0 saturated heterocycles. The maximum absolute atomic E-state index is 13.1. The van der Waals surface area contributed by atoms with Crippen molar-refractivity contribution in [1.29, 1.82) is 0 Å².